The van der Waals surface area contributed by atoms with Gasteiger partial charge in [0.1, 0.15) is 0 Å². The van der Waals surface area contributed by atoms with Crippen molar-refractivity contribution in [2.75, 3.05) is 32.1 Å². The molecule has 1 amide bonds. The van der Waals surface area contributed by atoms with E-state index in [4.69, 9.17) is 16.6 Å². The van der Waals surface area contributed by atoms with Crippen LogP contribution >= 0.6 is 22.9 Å². The highest BCUT2D eigenvalue weighted by Gasteiger charge is 2.23. The number of anilines is 1. The number of thiazole rings is 1. The summed E-state index contributed by atoms with van der Waals surface area (Å²) in [6.07, 6.45) is 0. The number of nitrogens with one attached hydrogen (secondary N) is 1. The van der Waals surface area contributed by atoms with Crippen molar-refractivity contribution in [2.45, 2.75) is 6.92 Å². The van der Waals surface area contributed by atoms with Crippen LogP contribution in [0.2, 0.25) is 5.02 Å². The van der Waals surface area contributed by atoms with Crippen molar-refractivity contribution in [2.24, 2.45) is 0 Å². The Kier molecular flexibility index (Phi) is 5.37. The molecule has 6 heteroatoms. The Bertz CT molecular complexity index is 907. The van der Waals surface area contributed by atoms with Crippen LogP contribution in [0.5, 0.6) is 0 Å². The minimum Gasteiger partial charge on any atom is -0.338 e. The number of fused-ring (bicyclic) bond motifs is 1. The van der Waals surface area contributed by atoms with E-state index in [1.165, 1.54) is 4.90 Å². The quantitative estimate of drug-likeness (QED) is 0.745. The van der Waals surface area contributed by atoms with Crippen molar-refractivity contribution >= 4 is 44.2 Å². The van der Waals surface area contributed by atoms with Crippen LogP contribution in [-0.4, -0.2) is 38.1 Å². The second-order valence-corrected chi connectivity index (χ2v) is 7.73. The number of carbonyl (C=O) groups is 1. The highest BCUT2D eigenvalue weighted by atomic mass is 35.5. The maximum Gasteiger partial charge on any atom is 0.261 e. The van der Waals surface area contributed by atoms with Crippen LogP contribution in [0.15, 0.2) is 42.5 Å². The van der Waals surface area contributed by atoms with Gasteiger partial charge in [0.2, 0.25) is 0 Å². The van der Waals surface area contributed by atoms with Gasteiger partial charge in [-0.3, -0.25) is 9.69 Å². The average molecular weight is 375 g/mol. The Hall–Kier alpha value is -1.95. The van der Waals surface area contributed by atoms with E-state index in [1.54, 1.807) is 28.4 Å². The molecule has 2 aromatic carbocycles. The molecule has 1 heterocycles. The molecule has 0 saturated heterocycles. The van der Waals surface area contributed by atoms with E-state index >= 15 is 0 Å². The summed E-state index contributed by atoms with van der Waals surface area (Å²) >= 11 is 7.79. The standard InChI is InChI=1S/C19H20ClN3OS/c1-13-7-6-10-16-17(13)21-19(25-16)23(12-11-22(2)3)18(24)14-8-4-5-9-15(14)20/h4-10H,11-12H2,1-3H3/p+1. The van der Waals surface area contributed by atoms with Crippen LogP contribution in [-0.2, 0) is 0 Å². The third-order valence-electron chi connectivity index (χ3n) is 4.03. The number of halogens is 1. The summed E-state index contributed by atoms with van der Waals surface area (Å²) in [5, 5.41) is 1.18. The number of quaternary nitrogens is 1. The van der Waals surface area contributed by atoms with Gasteiger partial charge in [0.25, 0.3) is 5.91 Å². The molecule has 0 radical (unpaired) electrons. The zero-order chi connectivity index (χ0) is 18.0. The monoisotopic (exact) mass is 374 g/mol. The predicted octanol–water partition coefficient (Wildman–Crippen LogP) is 3.05. The molecule has 130 valence electrons. The molecule has 25 heavy (non-hydrogen) atoms. The number of aryl methyl sites for hydroxylation is 1. The number of carbonyl (C=O) groups excluding carboxylic acids is 1. The third-order valence-corrected chi connectivity index (χ3v) is 5.40. The second kappa shape index (κ2) is 7.52. The maximum atomic E-state index is 13.1. The van der Waals surface area contributed by atoms with Crippen molar-refractivity contribution < 1.29 is 9.69 Å². The van der Waals surface area contributed by atoms with Gasteiger partial charge in [0, 0.05) is 0 Å². The summed E-state index contributed by atoms with van der Waals surface area (Å²) in [5.41, 5.74) is 2.58. The van der Waals surface area contributed by atoms with E-state index in [-0.39, 0.29) is 5.91 Å². The molecular weight excluding hydrogens is 354 g/mol. The van der Waals surface area contributed by atoms with Gasteiger partial charge in [-0.1, -0.05) is 47.2 Å². The molecule has 0 aliphatic rings. The van der Waals surface area contributed by atoms with E-state index in [0.29, 0.717) is 17.1 Å². The van der Waals surface area contributed by atoms with Gasteiger partial charge in [-0.25, -0.2) is 4.98 Å². The lowest BCUT2D eigenvalue weighted by molar-refractivity contribution is -0.856. The number of para-hydroxylation sites is 1. The number of nitrogens with zero attached hydrogens (tertiary/aromatic N) is 2. The Morgan fingerprint density at radius 3 is 2.64 bits per heavy atom. The van der Waals surface area contributed by atoms with E-state index in [2.05, 4.69) is 14.1 Å². The molecule has 0 bridgehead atoms. The number of benzene rings is 2. The molecule has 1 N–H and O–H groups in total. The number of likely N-dealkylation sites (N-methyl/N-ethyl adjacent to an activating group) is 1. The van der Waals surface area contributed by atoms with Crippen LogP contribution in [0.4, 0.5) is 5.13 Å². The lowest BCUT2D eigenvalue weighted by Crippen LogP contribution is -3.06. The average Bonchev–Trinajstić information content (AvgIpc) is 3.00. The normalized spacial score (nSPS) is 11.2. The molecule has 0 aliphatic carbocycles. The molecule has 0 spiro atoms. The Morgan fingerprint density at radius 1 is 1.20 bits per heavy atom. The van der Waals surface area contributed by atoms with Crippen LogP contribution < -0.4 is 9.80 Å². The first-order chi connectivity index (χ1) is 12.0. The Balaban J connectivity index is 2.03. The smallest absolute Gasteiger partial charge is 0.261 e. The molecular formula is C19H21ClN3OS+. The fourth-order valence-corrected chi connectivity index (χ4v) is 3.87. The minimum absolute atomic E-state index is 0.108. The highest BCUT2D eigenvalue weighted by molar-refractivity contribution is 7.22. The fourth-order valence-electron chi connectivity index (χ4n) is 2.59. The van der Waals surface area contributed by atoms with E-state index in [0.717, 1.165) is 27.5 Å². The second-order valence-electron chi connectivity index (χ2n) is 6.31. The largest absolute Gasteiger partial charge is 0.338 e. The van der Waals surface area contributed by atoms with E-state index in [1.807, 2.05) is 37.3 Å². The van der Waals surface area contributed by atoms with Crippen molar-refractivity contribution in [1.29, 1.82) is 0 Å². The van der Waals surface area contributed by atoms with Crippen molar-refractivity contribution in [3.63, 3.8) is 0 Å². The number of amides is 1. The zero-order valence-corrected chi connectivity index (χ0v) is 16.1. The van der Waals surface area contributed by atoms with Crippen molar-refractivity contribution in [3.8, 4) is 0 Å². The summed E-state index contributed by atoms with van der Waals surface area (Å²) < 4.78 is 1.09. The number of hydrogen-bond acceptors (Lipinski definition) is 3. The lowest BCUT2D eigenvalue weighted by atomic mass is 10.2. The summed E-state index contributed by atoms with van der Waals surface area (Å²) in [4.78, 5) is 20.9. The fraction of sp³-hybridized carbons (Fsp3) is 0.263. The van der Waals surface area contributed by atoms with Crippen LogP contribution in [0, 0.1) is 6.92 Å². The Morgan fingerprint density at radius 2 is 1.96 bits per heavy atom. The van der Waals surface area contributed by atoms with E-state index < -0.39 is 0 Å². The van der Waals surface area contributed by atoms with Gasteiger partial charge in [-0.2, -0.15) is 0 Å². The molecule has 4 nitrogen and oxygen atoms in total. The first-order valence-electron chi connectivity index (χ1n) is 8.19. The summed E-state index contributed by atoms with van der Waals surface area (Å²) in [6, 6.07) is 13.3. The van der Waals surface area contributed by atoms with Gasteiger partial charge in [-0.05, 0) is 30.7 Å². The highest BCUT2D eigenvalue weighted by Crippen LogP contribution is 2.31. The number of aromatic nitrogens is 1. The molecule has 3 aromatic rings. The molecule has 0 unspecified atom stereocenters. The van der Waals surface area contributed by atoms with Crippen molar-refractivity contribution in [1.82, 2.24) is 4.98 Å². The van der Waals surface area contributed by atoms with Crippen LogP contribution in [0.25, 0.3) is 10.2 Å². The predicted molar refractivity (Wildman–Crippen MR) is 105 cm³/mol. The molecule has 0 aliphatic heterocycles. The molecule has 0 atom stereocenters. The zero-order valence-electron chi connectivity index (χ0n) is 14.5. The third kappa shape index (κ3) is 3.84. The summed E-state index contributed by atoms with van der Waals surface area (Å²) in [7, 11) is 4.14. The molecule has 0 fully saturated rings. The van der Waals surface area contributed by atoms with Gasteiger partial charge < -0.3 is 4.90 Å². The lowest BCUT2D eigenvalue weighted by Gasteiger charge is -2.21. The molecule has 3 rings (SSSR count). The van der Waals surface area contributed by atoms with Gasteiger partial charge in [0.05, 0.1) is 48.0 Å². The number of hydrogen-bond donors (Lipinski definition) is 1. The maximum absolute atomic E-state index is 13.1. The molecule has 0 saturated carbocycles. The van der Waals surface area contributed by atoms with E-state index in [9.17, 15) is 4.79 Å². The summed E-state index contributed by atoms with van der Waals surface area (Å²) in [5.74, 6) is -0.108. The Labute approximate surface area is 156 Å². The van der Waals surface area contributed by atoms with Gasteiger partial charge in [0.15, 0.2) is 5.13 Å². The first kappa shape index (κ1) is 17.9. The first-order valence-corrected chi connectivity index (χ1v) is 9.38. The van der Waals surface area contributed by atoms with Gasteiger partial charge in [-0.15, -0.1) is 0 Å². The molecule has 1 aromatic heterocycles. The van der Waals surface area contributed by atoms with Crippen LogP contribution in [0.3, 0.4) is 0 Å². The van der Waals surface area contributed by atoms with Crippen molar-refractivity contribution in [3.05, 3.63) is 58.6 Å². The SMILES string of the molecule is Cc1cccc2sc(N(CC[NH+](C)C)C(=O)c3ccccc3Cl)nc12. The summed E-state index contributed by atoms with van der Waals surface area (Å²) in [6.45, 7) is 3.45. The van der Waals surface area contributed by atoms with Gasteiger partial charge >= 0.3 is 0 Å². The number of rotatable bonds is 5. The van der Waals surface area contributed by atoms with Crippen LogP contribution in [0.1, 0.15) is 15.9 Å². The minimum atomic E-state index is -0.108. The topological polar surface area (TPSA) is 37.6 Å².